The van der Waals surface area contributed by atoms with E-state index in [1.165, 1.54) is 0 Å². The summed E-state index contributed by atoms with van der Waals surface area (Å²) in [5, 5.41) is 9.04. The van der Waals surface area contributed by atoms with Crippen molar-refractivity contribution in [3.05, 3.63) is 0 Å². The zero-order valence-electron chi connectivity index (χ0n) is 12.3. The average Bonchev–Trinajstić information content (AvgIpc) is 2.29. The van der Waals surface area contributed by atoms with Crippen LogP contribution in [0.15, 0.2) is 0 Å². The molecule has 0 radical (unpaired) electrons. The van der Waals surface area contributed by atoms with Gasteiger partial charge in [-0.1, -0.05) is 13.8 Å². The molecular formula is C14H25NO4S. The molecule has 0 aromatic rings. The van der Waals surface area contributed by atoms with Crippen molar-refractivity contribution in [1.82, 2.24) is 4.90 Å². The van der Waals surface area contributed by atoms with Crippen LogP contribution in [-0.2, 0) is 14.6 Å². The third-order valence-electron chi connectivity index (χ3n) is 4.80. The maximum atomic E-state index is 11.8. The number of sulfone groups is 1. The molecular weight excluding hydrogens is 278 g/mol. The number of rotatable bonds is 3. The summed E-state index contributed by atoms with van der Waals surface area (Å²) in [6.45, 7) is 4.95. The smallest absolute Gasteiger partial charge is 0.304 e. The topological polar surface area (TPSA) is 74.7 Å². The van der Waals surface area contributed by atoms with Crippen LogP contribution >= 0.6 is 0 Å². The number of aliphatic carboxylic acids is 1. The Morgan fingerprint density at radius 2 is 2.00 bits per heavy atom. The van der Waals surface area contributed by atoms with Crippen LogP contribution in [0.4, 0.5) is 0 Å². The van der Waals surface area contributed by atoms with Gasteiger partial charge in [0.2, 0.25) is 0 Å². The number of hydrogen-bond donors (Lipinski definition) is 1. The van der Waals surface area contributed by atoms with E-state index in [0.717, 1.165) is 19.3 Å². The first-order chi connectivity index (χ1) is 9.28. The molecule has 0 aromatic carbocycles. The fraction of sp³-hybridized carbons (Fsp3) is 0.929. The van der Waals surface area contributed by atoms with Crippen LogP contribution in [0.5, 0.6) is 0 Å². The highest BCUT2D eigenvalue weighted by atomic mass is 32.2. The first-order valence-electron chi connectivity index (χ1n) is 7.46. The van der Waals surface area contributed by atoms with Crippen LogP contribution in [0.25, 0.3) is 0 Å². The van der Waals surface area contributed by atoms with E-state index in [-0.39, 0.29) is 24.0 Å². The molecule has 2 rings (SSSR count). The summed E-state index contributed by atoms with van der Waals surface area (Å²) >= 11 is 0. The number of hydrogen-bond acceptors (Lipinski definition) is 4. The Morgan fingerprint density at radius 3 is 2.60 bits per heavy atom. The molecule has 116 valence electrons. The molecule has 1 N–H and O–H groups in total. The average molecular weight is 303 g/mol. The third-order valence-corrected chi connectivity index (χ3v) is 6.50. The van der Waals surface area contributed by atoms with E-state index in [1.54, 1.807) is 0 Å². The minimum Gasteiger partial charge on any atom is -0.481 e. The van der Waals surface area contributed by atoms with Crippen molar-refractivity contribution in [1.29, 1.82) is 0 Å². The SMILES string of the molecule is CC1CCC(N2CCS(=O)(=O)CC2CC(=O)O)C(C)C1. The second-order valence-corrected chi connectivity index (χ2v) is 8.80. The summed E-state index contributed by atoms with van der Waals surface area (Å²) in [7, 11) is -3.08. The van der Waals surface area contributed by atoms with Gasteiger partial charge >= 0.3 is 5.97 Å². The van der Waals surface area contributed by atoms with Gasteiger partial charge in [0, 0.05) is 18.6 Å². The van der Waals surface area contributed by atoms with Crippen molar-refractivity contribution in [3.63, 3.8) is 0 Å². The van der Waals surface area contributed by atoms with Gasteiger partial charge in [-0.2, -0.15) is 0 Å². The first-order valence-corrected chi connectivity index (χ1v) is 9.28. The van der Waals surface area contributed by atoms with Gasteiger partial charge in [0.15, 0.2) is 9.84 Å². The second-order valence-electron chi connectivity index (χ2n) is 6.57. The molecule has 2 aliphatic rings. The molecule has 20 heavy (non-hydrogen) atoms. The minimum absolute atomic E-state index is 0.00191. The molecule has 1 aliphatic heterocycles. The van der Waals surface area contributed by atoms with Gasteiger partial charge < -0.3 is 5.11 Å². The Bertz CT molecular complexity index is 462. The Morgan fingerprint density at radius 1 is 1.30 bits per heavy atom. The van der Waals surface area contributed by atoms with Crippen molar-refractivity contribution < 1.29 is 18.3 Å². The molecule has 0 aromatic heterocycles. The molecule has 4 atom stereocenters. The summed E-state index contributed by atoms with van der Waals surface area (Å²) in [4.78, 5) is 13.2. The van der Waals surface area contributed by atoms with Gasteiger partial charge in [-0.3, -0.25) is 9.69 Å². The third kappa shape index (κ3) is 3.73. The summed E-state index contributed by atoms with van der Waals surface area (Å²) in [6, 6.07) is -0.0156. The lowest BCUT2D eigenvalue weighted by Gasteiger charge is -2.46. The second kappa shape index (κ2) is 6.02. The predicted molar refractivity (Wildman–Crippen MR) is 77.4 cm³/mol. The standard InChI is InChI=1S/C14H25NO4S/c1-10-3-4-13(11(2)7-10)15-5-6-20(18,19)9-12(15)8-14(16)17/h10-13H,3-9H2,1-2H3,(H,16,17). The number of carbonyl (C=O) groups is 1. The van der Waals surface area contributed by atoms with Gasteiger partial charge in [-0.25, -0.2) is 8.42 Å². The summed E-state index contributed by atoms with van der Waals surface area (Å²) in [5.74, 6) is 0.484. The van der Waals surface area contributed by atoms with Gasteiger partial charge in [-0.05, 0) is 31.1 Å². The zero-order chi connectivity index (χ0) is 14.9. The maximum Gasteiger partial charge on any atom is 0.304 e. The Labute approximate surface area is 121 Å². The normalized spacial score (nSPS) is 38.5. The fourth-order valence-corrected chi connectivity index (χ4v) is 5.41. The Kier molecular flexibility index (Phi) is 4.74. The van der Waals surface area contributed by atoms with Crippen molar-refractivity contribution in [2.45, 2.75) is 51.6 Å². The fourth-order valence-electron chi connectivity index (χ4n) is 3.86. The molecule has 6 heteroatoms. The Hall–Kier alpha value is -0.620. The van der Waals surface area contributed by atoms with Crippen LogP contribution in [-0.4, -0.2) is 54.5 Å². The van der Waals surface area contributed by atoms with Crippen LogP contribution in [0.3, 0.4) is 0 Å². The monoisotopic (exact) mass is 303 g/mol. The predicted octanol–water partition coefficient (Wildman–Crippen LogP) is 1.38. The largest absolute Gasteiger partial charge is 0.481 e. The highest BCUT2D eigenvalue weighted by molar-refractivity contribution is 7.91. The van der Waals surface area contributed by atoms with Crippen molar-refractivity contribution in [3.8, 4) is 0 Å². The molecule has 1 heterocycles. The van der Waals surface area contributed by atoms with Crippen molar-refractivity contribution in [2.24, 2.45) is 11.8 Å². The van der Waals surface area contributed by atoms with Gasteiger partial charge in [0.25, 0.3) is 0 Å². The summed E-state index contributed by atoms with van der Waals surface area (Å²) < 4.78 is 23.6. The minimum atomic E-state index is -3.08. The quantitative estimate of drug-likeness (QED) is 0.852. The molecule has 1 saturated carbocycles. The lowest BCUT2D eigenvalue weighted by atomic mass is 9.78. The number of carboxylic acids is 1. The van der Waals surface area contributed by atoms with Crippen LogP contribution in [0.2, 0.25) is 0 Å². The van der Waals surface area contributed by atoms with Crippen LogP contribution < -0.4 is 0 Å². The van der Waals surface area contributed by atoms with E-state index in [0.29, 0.717) is 24.4 Å². The molecule has 5 nitrogen and oxygen atoms in total. The van der Waals surface area contributed by atoms with E-state index < -0.39 is 15.8 Å². The van der Waals surface area contributed by atoms with Gasteiger partial charge in [0.1, 0.15) is 0 Å². The van der Waals surface area contributed by atoms with Gasteiger partial charge in [-0.15, -0.1) is 0 Å². The van der Waals surface area contributed by atoms with Gasteiger partial charge in [0.05, 0.1) is 17.9 Å². The molecule has 0 bridgehead atoms. The van der Waals surface area contributed by atoms with E-state index in [9.17, 15) is 13.2 Å². The molecule has 1 saturated heterocycles. The lowest BCUT2D eigenvalue weighted by molar-refractivity contribution is -0.138. The molecule has 2 fully saturated rings. The highest BCUT2D eigenvalue weighted by Crippen LogP contribution is 2.34. The van der Waals surface area contributed by atoms with E-state index >= 15 is 0 Å². The maximum absolute atomic E-state index is 11.8. The van der Waals surface area contributed by atoms with E-state index in [1.807, 2.05) is 0 Å². The van der Waals surface area contributed by atoms with E-state index in [4.69, 9.17) is 5.11 Å². The molecule has 4 unspecified atom stereocenters. The van der Waals surface area contributed by atoms with Crippen LogP contribution in [0.1, 0.15) is 39.5 Å². The van der Waals surface area contributed by atoms with Crippen molar-refractivity contribution in [2.75, 3.05) is 18.1 Å². The Balaban J connectivity index is 2.13. The number of carboxylic acid groups (broad SMARTS) is 1. The van der Waals surface area contributed by atoms with E-state index in [2.05, 4.69) is 18.7 Å². The number of nitrogens with zero attached hydrogens (tertiary/aromatic N) is 1. The molecule has 0 amide bonds. The van der Waals surface area contributed by atoms with Crippen LogP contribution in [0, 0.1) is 11.8 Å². The summed E-state index contributed by atoms with van der Waals surface area (Å²) in [6.07, 6.45) is 3.28. The molecule has 1 aliphatic carbocycles. The highest BCUT2D eigenvalue weighted by Gasteiger charge is 2.39. The summed E-state index contributed by atoms with van der Waals surface area (Å²) in [5.41, 5.74) is 0. The zero-order valence-corrected chi connectivity index (χ0v) is 13.1. The molecule has 0 spiro atoms. The lowest BCUT2D eigenvalue weighted by Crippen LogP contribution is -2.56. The van der Waals surface area contributed by atoms with Crippen molar-refractivity contribution >= 4 is 15.8 Å². The first kappa shape index (κ1) is 15.8.